The van der Waals surface area contributed by atoms with Crippen LogP contribution < -0.4 is 0 Å². The zero-order valence-electron chi connectivity index (χ0n) is 20.4. The standard InChI is InChI=1S/C30H20O5S5/c31-26-16-6-1-7-17(26)37-19-9-3-11-21(28(19)33)39-23-13-5-15-25(30(23)35)40-24-14-4-12-22(29(24)34)38-20-10-2-8-18(36-16)27(20)32/h1-15,31-35H. The monoisotopic (exact) mass is 620 g/mol. The molecule has 0 radical (unpaired) electrons. The van der Waals surface area contributed by atoms with Crippen LogP contribution in [0.5, 0.6) is 28.7 Å². The maximum atomic E-state index is 11.1. The molecule has 0 saturated carbocycles. The van der Waals surface area contributed by atoms with Crippen LogP contribution in [0.25, 0.3) is 0 Å². The van der Waals surface area contributed by atoms with Crippen molar-refractivity contribution >= 4 is 58.8 Å². The van der Waals surface area contributed by atoms with E-state index < -0.39 is 0 Å². The van der Waals surface area contributed by atoms with Crippen LogP contribution in [0.3, 0.4) is 0 Å². The Morgan fingerprint density at radius 2 is 0.375 bits per heavy atom. The average molecular weight is 621 g/mol. The largest absolute Gasteiger partial charge is 0.506 e. The highest BCUT2D eigenvalue weighted by Crippen LogP contribution is 2.52. The first-order valence-electron chi connectivity index (χ1n) is 11.9. The first-order valence-corrected chi connectivity index (χ1v) is 16.0. The van der Waals surface area contributed by atoms with Gasteiger partial charge in [0.05, 0.1) is 49.0 Å². The maximum absolute atomic E-state index is 11.1. The number of aromatic hydroxyl groups is 5. The van der Waals surface area contributed by atoms with Crippen LogP contribution in [0.15, 0.2) is 140 Å². The highest BCUT2D eigenvalue weighted by atomic mass is 32.2. The number of benzene rings is 5. The second-order valence-corrected chi connectivity index (χ2v) is 13.9. The summed E-state index contributed by atoms with van der Waals surface area (Å²) in [6.07, 6.45) is 0. The molecule has 0 spiro atoms. The summed E-state index contributed by atoms with van der Waals surface area (Å²) in [4.78, 5) is 5.46. The minimum Gasteiger partial charge on any atom is -0.506 e. The highest BCUT2D eigenvalue weighted by molar-refractivity contribution is 8.01. The molecule has 1 aliphatic heterocycles. The Labute approximate surface area is 251 Å². The van der Waals surface area contributed by atoms with Crippen LogP contribution >= 0.6 is 58.8 Å². The second-order valence-electron chi connectivity index (χ2n) is 8.52. The summed E-state index contributed by atoms with van der Waals surface area (Å²) < 4.78 is 0. The van der Waals surface area contributed by atoms with Gasteiger partial charge in [-0.1, -0.05) is 89.1 Å². The molecule has 0 aromatic heterocycles. The lowest BCUT2D eigenvalue weighted by Gasteiger charge is -2.15. The minimum absolute atomic E-state index is 0.0366. The first-order chi connectivity index (χ1) is 19.4. The van der Waals surface area contributed by atoms with E-state index in [-0.39, 0.29) is 28.7 Å². The lowest BCUT2D eigenvalue weighted by atomic mass is 10.3. The number of para-hydroxylation sites is 5. The van der Waals surface area contributed by atoms with Crippen molar-refractivity contribution in [2.75, 3.05) is 0 Å². The molecule has 5 N–H and O–H groups in total. The van der Waals surface area contributed by atoms with Gasteiger partial charge in [-0.05, 0) is 60.7 Å². The molecular formula is C30H20O5S5. The third kappa shape index (κ3) is 5.29. The molecule has 0 atom stereocenters. The van der Waals surface area contributed by atoms with Crippen LogP contribution in [0.2, 0.25) is 0 Å². The van der Waals surface area contributed by atoms with E-state index in [0.717, 1.165) is 0 Å². The van der Waals surface area contributed by atoms with E-state index in [1.807, 2.05) is 30.3 Å². The Hall–Kier alpha value is -3.15. The quantitative estimate of drug-likeness (QED) is 0.113. The van der Waals surface area contributed by atoms with E-state index in [4.69, 9.17) is 0 Å². The maximum Gasteiger partial charge on any atom is 0.143 e. The summed E-state index contributed by atoms with van der Waals surface area (Å²) in [5.74, 6) is 0.183. The molecule has 0 saturated heterocycles. The smallest absolute Gasteiger partial charge is 0.143 e. The third-order valence-corrected chi connectivity index (χ3v) is 11.4. The molecular weight excluding hydrogens is 601 g/mol. The SMILES string of the molecule is Oc1c2cccc1Sc1cccc(c1O)Sc1cccc(c1O)Sc1cccc(c1O)Sc1cccc(c1O)S2. The predicted molar refractivity (Wildman–Crippen MR) is 161 cm³/mol. The fraction of sp³-hybridized carbons (Fsp3) is 0. The van der Waals surface area contributed by atoms with Crippen LogP contribution in [-0.4, -0.2) is 25.5 Å². The molecule has 40 heavy (non-hydrogen) atoms. The van der Waals surface area contributed by atoms with Gasteiger partial charge < -0.3 is 25.5 Å². The third-order valence-electron chi connectivity index (χ3n) is 5.91. The number of hydrogen-bond acceptors (Lipinski definition) is 10. The normalized spacial score (nSPS) is 13.0. The van der Waals surface area contributed by atoms with Crippen LogP contribution in [0, 0.1) is 0 Å². The Balaban J connectivity index is 1.52. The number of rotatable bonds is 0. The summed E-state index contributed by atoms with van der Waals surface area (Å²) in [6, 6.07) is 26.7. The van der Waals surface area contributed by atoms with Gasteiger partial charge in [0.1, 0.15) is 28.7 Å². The van der Waals surface area contributed by atoms with Gasteiger partial charge in [0, 0.05) is 0 Å². The molecule has 10 bridgehead atoms. The van der Waals surface area contributed by atoms with Gasteiger partial charge in [-0.2, -0.15) is 0 Å². The summed E-state index contributed by atoms with van der Waals surface area (Å²) in [5, 5.41) is 55.6. The summed E-state index contributed by atoms with van der Waals surface area (Å²) in [7, 11) is 0. The number of phenolic OH excluding ortho intramolecular Hbond substituents is 5. The highest BCUT2D eigenvalue weighted by Gasteiger charge is 2.20. The van der Waals surface area contributed by atoms with Gasteiger partial charge in [-0.25, -0.2) is 0 Å². The molecule has 5 nitrogen and oxygen atoms in total. The van der Waals surface area contributed by atoms with Gasteiger partial charge in [0.25, 0.3) is 0 Å². The van der Waals surface area contributed by atoms with Gasteiger partial charge in [0.15, 0.2) is 0 Å². The van der Waals surface area contributed by atoms with Crippen LogP contribution in [-0.2, 0) is 0 Å². The molecule has 1 heterocycles. The van der Waals surface area contributed by atoms with Gasteiger partial charge in [-0.3, -0.25) is 0 Å². The van der Waals surface area contributed by atoms with E-state index >= 15 is 0 Å². The molecule has 1 aliphatic rings. The molecule has 0 aliphatic carbocycles. The molecule has 5 aromatic rings. The van der Waals surface area contributed by atoms with Gasteiger partial charge in [-0.15, -0.1) is 0 Å². The summed E-state index contributed by atoms with van der Waals surface area (Å²) >= 11 is 6.15. The number of fused-ring (bicyclic) bond motifs is 10. The molecule has 6 rings (SSSR count). The van der Waals surface area contributed by atoms with Gasteiger partial charge >= 0.3 is 0 Å². The molecule has 10 heteroatoms. The van der Waals surface area contributed by atoms with E-state index in [1.54, 1.807) is 60.7 Å². The predicted octanol–water partition coefficient (Wildman–Crippen LogP) is 9.28. The minimum atomic E-state index is 0.0366. The van der Waals surface area contributed by atoms with E-state index in [1.165, 1.54) is 58.8 Å². The Morgan fingerprint density at radius 3 is 0.500 bits per heavy atom. The van der Waals surface area contributed by atoms with Crippen molar-refractivity contribution in [1.82, 2.24) is 0 Å². The van der Waals surface area contributed by atoms with Crippen molar-refractivity contribution in [2.24, 2.45) is 0 Å². The Kier molecular flexibility index (Phi) is 7.69. The van der Waals surface area contributed by atoms with E-state index in [2.05, 4.69) is 0 Å². The molecule has 5 aromatic carbocycles. The first kappa shape index (κ1) is 27.0. The molecule has 200 valence electrons. The lowest BCUT2D eigenvalue weighted by molar-refractivity contribution is 0.445. The fourth-order valence-corrected chi connectivity index (χ4v) is 8.97. The van der Waals surface area contributed by atoms with Crippen molar-refractivity contribution in [2.45, 2.75) is 49.0 Å². The van der Waals surface area contributed by atoms with Crippen molar-refractivity contribution < 1.29 is 25.5 Å². The molecule has 0 fully saturated rings. The van der Waals surface area contributed by atoms with Gasteiger partial charge in [0.2, 0.25) is 0 Å². The van der Waals surface area contributed by atoms with Crippen molar-refractivity contribution in [1.29, 1.82) is 0 Å². The van der Waals surface area contributed by atoms with E-state index in [9.17, 15) is 25.5 Å². The topological polar surface area (TPSA) is 101 Å². The lowest BCUT2D eigenvalue weighted by Crippen LogP contribution is -1.86. The fourth-order valence-electron chi connectivity index (χ4n) is 3.93. The zero-order valence-corrected chi connectivity index (χ0v) is 24.5. The molecule has 0 unspecified atom stereocenters. The van der Waals surface area contributed by atoms with Crippen LogP contribution in [0.4, 0.5) is 0 Å². The second kappa shape index (κ2) is 11.4. The number of phenols is 5. The van der Waals surface area contributed by atoms with Crippen molar-refractivity contribution in [3.63, 3.8) is 0 Å². The van der Waals surface area contributed by atoms with E-state index in [0.29, 0.717) is 49.0 Å². The summed E-state index contributed by atoms with van der Waals surface area (Å²) in [5.41, 5.74) is 0. The van der Waals surface area contributed by atoms with Crippen molar-refractivity contribution in [3.8, 4) is 28.7 Å². The Bertz CT molecular complexity index is 1360. The molecule has 0 amide bonds. The summed E-state index contributed by atoms with van der Waals surface area (Å²) in [6.45, 7) is 0. The number of hydrogen-bond donors (Lipinski definition) is 5. The average Bonchev–Trinajstić information content (AvgIpc) is 2.94. The van der Waals surface area contributed by atoms with Crippen molar-refractivity contribution in [3.05, 3.63) is 91.0 Å². The zero-order chi connectivity index (χ0) is 27.8. The van der Waals surface area contributed by atoms with Crippen LogP contribution in [0.1, 0.15) is 0 Å². The Morgan fingerprint density at radius 1 is 0.250 bits per heavy atom.